The summed E-state index contributed by atoms with van der Waals surface area (Å²) < 4.78 is 10.4. The Morgan fingerprint density at radius 1 is 1.32 bits per heavy atom. The molecule has 0 radical (unpaired) electrons. The van der Waals surface area contributed by atoms with Crippen LogP contribution in [0.5, 0.6) is 5.75 Å². The van der Waals surface area contributed by atoms with Crippen LogP contribution in [-0.2, 0) is 21.4 Å². The van der Waals surface area contributed by atoms with Crippen LogP contribution < -0.4 is 4.74 Å². The first kappa shape index (κ1) is 15.3. The van der Waals surface area contributed by atoms with E-state index in [4.69, 9.17) is 9.47 Å². The number of carbonyl (C=O) groups excluding carboxylic acids is 1. The Kier molecular flexibility index (Phi) is 3.68. The number of carbonyl (C=O) groups is 1. The molecule has 120 valence electrons. The Balaban J connectivity index is 2.11. The quantitative estimate of drug-likeness (QED) is 0.853. The zero-order chi connectivity index (χ0) is 16.0. The molecule has 1 aromatic rings. The molecular weight excluding hydrogens is 280 g/mol. The van der Waals surface area contributed by atoms with Gasteiger partial charge in [0, 0.05) is 5.92 Å². The second-order valence-corrected chi connectivity index (χ2v) is 6.76. The van der Waals surface area contributed by atoms with Crippen molar-refractivity contribution < 1.29 is 19.4 Å². The first-order chi connectivity index (χ1) is 10.5. The van der Waals surface area contributed by atoms with Gasteiger partial charge in [0.2, 0.25) is 0 Å². The molecular formula is C18H24O4. The van der Waals surface area contributed by atoms with E-state index in [-0.39, 0.29) is 11.3 Å². The van der Waals surface area contributed by atoms with Crippen LogP contribution in [0.1, 0.15) is 43.7 Å². The van der Waals surface area contributed by atoms with E-state index >= 15 is 0 Å². The second-order valence-electron chi connectivity index (χ2n) is 6.76. The third kappa shape index (κ3) is 1.97. The first-order valence-corrected chi connectivity index (χ1v) is 7.94. The molecule has 1 saturated carbocycles. The van der Waals surface area contributed by atoms with Gasteiger partial charge in [0.05, 0.1) is 14.2 Å². The fourth-order valence-corrected chi connectivity index (χ4v) is 4.74. The SMILES string of the molecule is COC(=O)[C@]1(O)CCC[C@]2(C)c3cccc(OC)c3CC[C@@H]12. The topological polar surface area (TPSA) is 55.8 Å². The summed E-state index contributed by atoms with van der Waals surface area (Å²) in [6.45, 7) is 2.17. The van der Waals surface area contributed by atoms with E-state index in [0.29, 0.717) is 6.42 Å². The highest BCUT2D eigenvalue weighted by atomic mass is 16.5. The molecule has 2 aliphatic carbocycles. The number of benzene rings is 1. The Bertz CT molecular complexity index is 597. The van der Waals surface area contributed by atoms with Crippen LogP contribution in [0.4, 0.5) is 0 Å². The molecule has 1 aromatic carbocycles. The molecule has 0 amide bonds. The smallest absolute Gasteiger partial charge is 0.338 e. The zero-order valence-corrected chi connectivity index (χ0v) is 13.5. The molecule has 0 heterocycles. The first-order valence-electron chi connectivity index (χ1n) is 7.94. The Morgan fingerprint density at radius 3 is 2.77 bits per heavy atom. The zero-order valence-electron chi connectivity index (χ0n) is 13.5. The lowest BCUT2D eigenvalue weighted by Gasteiger charge is -2.52. The fraction of sp³-hybridized carbons (Fsp3) is 0.611. The summed E-state index contributed by atoms with van der Waals surface area (Å²) in [5.41, 5.74) is 0.842. The van der Waals surface area contributed by atoms with Crippen molar-refractivity contribution in [2.24, 2.45) is 5.92 Å². The van der Waals surface area contributed by atoms with E-state index in [1.165, 1.54) is 18.2 Å². The van der Waals surface area contributed by atoms with Crippen molar-refractivity contribution in [1.82, 2.24) is 0 Å². The molecule has 0 aliphatic heterocycles. The number of methoxy groups -OCH3 is 2. The number of esters is 1. The number of hydrogen-bond acceptors (Lipinski definition) is 4. The lowest BCUT2D eigenvalue weighted by atomic mass is 9.53. The van der Waals surface area contributed by atoms with Gasteiger partial charge in [-0.2, -0.15) is 0 Å². The summed E-state index contributed by atoms with van der Waals surface area (Å²) in [5, 5.41) is 11.0. The number of rotatable bonds is 2. The van der Waals surface area contributed by atoms with Crippen molar-refractivity contribution in [3.8, 4) is 5.75 Å². The maximum atomic E-state index is 12.2. The minimum atomic E-state index is -1.37. The summed E-state index contributed by atoms with van der Waals surface area (Å²) in [5.74, 6) is 0.305. The third-order valence-corrected chi connectivity index (χ3v) is 5.79. The predicted octanol–water partition coefficient (Wildman–Crippen LogP) is 2.60. The summed E-state index contributed by atoms with van der Waals surface area (Å²) in [7, 11) is 3.04. The average molecular weight is 304 g/mol. The van der Waals surface area contributed by atoms with Crippen LogP contribution in [0.15, 0.2) is 18.2 Å². The normalized spacial score (nSPS) is 33.5. The summed E-state index contributed by atoms with van der Waals surface area (Å²) >= 11 is 0. The van der Waals surface area contributed by atoms with Crippen molar-refractivity contribution in [1.29, 1.82) is 0 Å². The molecule has 2 aliphatic rings. The largest absolute Gasteiger partial charge is 0.496 e. The summed E-state index contributed by atoms with van der Waals surface area (Å²) in [4.78, 5) is 12.2. The van der Waals surface area contributed by atoms with Gasteiger partial charge in [0.15, 0.2) is 5.60 Å². The van der Waals surface area contributed by atoms with Crippen LogP contribution >= 0.6 is 0 Å². The predicted molar refractivity (Wildman–Crippen MR) is 83.0 cm³/mol. The van der Waals surface area contributed by atoms with E-state index in [1.807, 2.05) is 12.1 Å². The standard InChI is InChI=1S/C18H24O4/c1-17-10-5-11-18(20,16(19)22-3)15(17)9-8-12-13(17)6-4-7-14(12)21-2/h4,6-7,15,20H,5,8-11H2,1-3H3/t15-,17-,18+/m1/s1. The van der Waals surface area contributed by atoms with Crippen LogP contribution in [0.2, 0.25) is 0 Å². The molecule has 4 heteroatoms. The number of fused-ring (bicyclic) bond motifs is 3. The van der Waals surface area contributed by atoms with Gasteiger partial charge in [0.25, 0.3) is 0 Å². The third-order valence-electron chi connectivity index (χ3n) is 5.79. The van der Waals surface area contributed by atoms with Gasteiger partial charge >= 0.3 is 5.97 Å². The molecule has 4 nitrogen and oxygen atoms in total. The van der Waals surface area contributed by atoms with E-state index in [0.717, 1.165) is 31.4 Å². The highest BCUT2D eigenvalue weighted by molar-refractivity contribution is 5.80. The Labute approximate surface area is 131 Å². The lowest BCUT2D eigenvalue weighted by molar-refractivity contribution is -0.179. The number of hydrogen-bond donors (Lipinski definition) is 1. The van der Waals surface area contributed by atoms with E-state index in [9.17, 15) is 9.90 Å². The molecule has 0 spiro atoms. The van der Waals surface area contributed by atoms with Gasteiger partial charge in [-0.15, -0.1) is 0 Å². The van der Waals surface area contributed by atoms with Gasteiger partial charge in [-0.05, 0) is 54.7 Å². The maximum absolute atomic E-state index is 12.2. The van der Waals surface area contributed by atoms with Crippen molar-refractivity contribution in [2.75, 3.05) is 14.2 Å². The summed E-state index contributed by atoms with van der Waals surface area (Å²) in [6, 6.07) is 6.10. The van der Waals surface area contributed by atoms with E-state index < -0.39 is 11.6 Å². The van der Waals surface area contributed by atoms with Crippen molar-refractivity contribution in [2.45, 2.75) is 50.0 Å². The highest BCUT2D eigenvalue weighted by Gasteiger charge is 2.57. The molecule has 0 bridgehead atoms. The highest BCUT2D eigenvalue weighted by Crippen LogP contribution is 2.55. The van der Waals surface area contributed by atoms with Crippen LogP contribution in [-0.4, -0.2) is 30.9 Å². The van der Waals surface area contributed by atoms with Crippen molar-refractivity contribution >= 4 is 5.97 Å². The second kappa shape index (κ2) is 5.27. The van der Waals surface area contributed by atoms with Gasteiger partial charge < -0.3 is 14.6 Å². The van der Waals surface area contributed by atoms with Crippen molar-refractivity contribution in [3.63, 3.8) is 0 Å². The monoisotopic (exact) mass is 304 g/mol. The fourth-order valence-electron chi connectivity index (χ4n) is 4.74. The van der Waals surface area contributed by atoms with Gasteiger partial charge in [-0.1, -0.05) is 19.1 Å². The van der Waals surface area contributed by atoms with E-state index in [1.54, 1.807) is 7.11 Å². The molecule has 3 atom stereocenters. The van der Waals surface area contributed by atoms with Gasteiger partial charge in [-0.3, -0.25) is 0 Å². The molecule has 3 rings (SSSR count). The minimum Gasteiger partial charge on any atom is -0.496 e. The summed E-state index contributed by atoms with van der Waals surface area (Å²) in [6.07, 6.45) is 3.86. The van der Waals surface area contributed by atoms with Gasteiger partial charge in [-0.25, -0.2) is 4.79 Å². The number of ether oxygens (including phenoxy) is 2. The molecule has 0 saturated heterocycles. The average Bonchev–Trinajstić information content (AvgIpc) is 2.53. The van der Waals surface area contributed by atoms with Crippen LogP contribution in [0.3, 0.4) is 0 Å². The molecule has 1 fully saturated rings. The molecule has 0 unspecified atom stereocenters. The van der Waals surface area contributed by atoms with E-state index in [2.05, 4.69) is 13.0 Å². The molecule has 22 heavy (non-hydrogen) atoms. The Morgan fingerprint density at radius 2 is 2.09 bits per heavy atom. The van der Waals surface area contributed by atoms with Crippen LogP contribution in [0, 0.1) is 5.92 Å². The van der Waals surface area contributed by atoms with Gasteiger partial charge in [0.1, 0.15) is 5.75 Å². The lowest BCUT2D eigenvalue weighted by Crippen LogP contribution is -2.58. The molecule has 1 N–H and O–H groups in total. The number of aliphatic hydroxyl groups is 1. The maximum Gasteiger partial charge on any atom is 0.338 e. The van der Waals surface area contributed by atoms with Crippen molar-refractivity contribution in [3.05, 3.63) is 29.3 Å². The molecule has 0 aromatic heterocycles. The van der Waals surface area contributed by atoms with Crippen LogP contribution in [0.25, 0.3) is 0 Å². The minimum absolute atomic E-state index is 0.110. The Hall–Kier alpha value is -1.55.